The molecule has 0 amide bonds. The van der Waals surface area contributed by atoms with Gasteiger partial charge >= 0.3 is 12.1 Å². The number of ether oxygens (including phenoxy) is 1. The quantitative estimate of drug-likeness (QED) is 0.484. The summed E-state index contributed by atoms with van der Waals surface area (Å²) in [5.41, 5.74) is -1.26. The number of carbonyl (C=O) groups excluding carboxylic acids is 1. The van der Waals surface area contributed by atoms with E-state index in [-0.39, 0.29) is 17.5 Å². The van der Waals surface area contributed by atoms with Crippen molar-refractivity contribution in [2.45, 2.75) is 26.1 Å². The van der Waals surface area contributed by atoms with Gasteiger partial charge in [0.1, 0.15) is 12.1 Å². The molecule has 24 heavy (non-hydrogen) atoms. The van der Waals surface area contributed by atoms with Crippen molar-refractivity contribution < 1.29 is 27.1 Å². The first-order chi connectivity index (χ1) is 11.1. The number of carbonyl (C=O) groups is 1. The molecule has 2 rings (SSSR count). The summed E-state index contributed by atoms with van der Waals surface area (Å²) >= 11 is 0. The van der Waals surface area contributed by atoms with Gasteiger partial charge in [0.25, 0.3) is 0 Å². The average molecular weight is 343 g/mol. The predicted molar refractivity (Wildman–Crippen MR) is 77.0 cm³/mol. The molecule has 0 aliphatic carbocycles. The highest BCUT2D eigenvalue weighted by Crippen LogP contribution is 2.32. The van der Waals surface area contributed by atoms with Crippen LogP contribution in [-0.2, 0) is 15.7 Å². The zero-order valence-electron chi connectivity index (χ0n) is 12.7. The smallest absolute Gasteiger partial charge is 0.416 e. The average Bonchev–Trinajstić information content (AvgIpc) is 2.91. The van der Waals surface area contributed by atoms with E-state index in [1.807, 2.05) is 0 Å². The van der Waals surface area contributed by atoms with Gasteiger partial charge in [-0.15, -0.1) is 5.10 Å². The first-order valence-corrected chi connectivity index (χ1v) is 6.83. The number of esters is 1. The number of halogens is 4. The molecule has 0 saturated carbocycles. The maximum Gasteiger partial charge on any atom is 0.416 e. The van der Waals surface area contributed by atoms with E-state index in [0.717, 1.165) is 22.9 Å². The summed E-state index contributed by atoms with van der Waals surface area (Å²) in [7, 11) is 0. The van der Waals surface area contributed by atoms with E-state index in [0.29, 0.717) is 6.07 Å². The fourth-order valence-electron chi connectivity index (χ4n) is 1.77. The van der Waals surface area contributed by atoms with Crippen LogP contribution in [0.3, 0.4) is 0 Å². The number of benzene rings is 1. The SMILES string of the molecule is CC(C)OC(=O)/C=C/n1cnc(-c2cc(F)cc(C(F)(F)F)c2)n1. The summed E-state index contributed by atoms with van der Waals surface area (Å²) in [5, 5.41) is 3.87. The lowest BCUT2D eigenvalue weighted by atomic mass is 10.1. The van der Waals surface area contributed by atoms with E-state index in [4.69, 9.17) is 4.74 Å². The van der Waals surface area contributed by atoms with Crippen molar-refractivity contribution in [3.05, 3.63) is 42.0 Å². The van der Waals surface area contributed by atoms with Crippen LogP contribution < -0.4 is 0 Å². The Morgan fingerprint density at radius 2 is 2.00 bits per heavy atom. The molecule has 9 heteroatoms. The van der Waals surface area contributed by atoms with Gasteiger partial charge < -0.3 is 4.74 Å². The standard InChI is InChI=1S/C15H13F4N3O2/c1-9(2)24-13(23)3-4-22-8-20-14(21-22)10-5-11(15(17,18)19)7-12(16)6-10/h3-9H,1-2H3/b4-3+. The Labute approximate surface area is 134 Å². The van der Waals surface area contributed by atoms with E-state index in [9.17, 15) is 22.4 Å². The zero-order valence-corrected chi connectivity index (χ0v) is 12.7. The zero-order chi connectivity index (χ0) is 17.9. The lowest BCUT2D eigenvalue weighted by Gasteiger charge is -2.07. The third kappa shape index (κ3) is 4.64. The minimum absolute atomic E-state index is 0.109. The maximum atomic E-state index is 13.4. The fraction of sp³-hybridized carbons (Fsp3) is 0.267. The Balaban J connectivity index is 2.23. The van der Waals surface area contributed by atoms with Crippen LogP contribution in [0.25, 0.3) is 17.6 Å². The second kappa shape index (κ2) is 6.81. The van der Waals surface area contributed by atoms with Crippen molar-refractivity contribution in [3.63, 3.8) is 0 Å². The van der Waals surface area contributed by atoms with Gasteiger partial charge in [0.05, 0.1) is 11.7 Å². The highest BCUT2D eigenvalue weighted by molar-refractivity contribution is 5.85. The molecule has 0 N–H and O–H groups in total. The highest BCUT2D eigenvalue weighted by atomic mass is 19.4. The molecule has 1 aromatic carbocycles. The lowest BCUT2D eigenvalue weighted by molar-refractivity contribution is -0.141. The summed E-state index contributed by atoms with van der Waals surface area (Å²) in [6, 6.07) is 2.04. The van der Waals surface area contributed by atoms with Crippen molar-refractivity contribution in [2.75, 3.05) is 0 Å². The Hall–Kier alpha value is -2.71. The van der Waals surface area contributed by atoms with Gasteiger partial charge in [-0.1, -0.05) is 0 Å². The molecule has 0 unspecified atom stereocenters. The molecule has 128 valence electrons. The van der Waals surface area contributed by atoms with Crippen molar-refractivity contribution >= 4 is 12.2 Å². The summed E-state index contributed by atoms with van der Waals surface area (Å²) in [4.78, 5) is 15.2. The van der Waals surface area contributed by atoms with Crippen LogP contribution in [0.15, 0.2) is 30.6 Å². The molecule has 0 atom stereocenters. The first kappa shape index (κ1) is 17.6. The van der Waals surface area contributed by atoms with Gasteiger partial charge in [0.2, 0.25) is 0 Å². The van der Waals surface area contributed by atoms with Crippen LogP contribution in [0.4, 0.5) is 17.6 Å². The molecule has 0 aliphatic rings. The number of hydrogen-bond donors (Lipinski definition) is 0. The molecular formula is C15H13F4N3O2. The summed E-state index contributed by atoms with van der Waals surface area (Å²) in [5.74, 6) is -1.76. The van der Waals surface area contributed by atoms with Crippen LogP contribution >= 0.6 is 0 Å². The van der Waals surface area contributed by atoms with Gasteiger partial charge in [0, 0.05) is 17.8 Å². The lowest BCUT2D eigenvalue weighted by Crippen LogP contribution is -2.08. The molecule has 2 aromatic rings. The molecular weight excluding hydrogens is 330 g/mol. The van der Waals surface area contributed by atoms with Crippen LogP contribution in [0.2, 0.25) is 0 Å². The van der Waals surface area contributed by atoms with Gasteiger partial charge in [-0.3, -0.25) is 0 Å². The molecule has 1 heterocycles. The van der Waals surface area contributed by atoms with Gasteiger partial charge in [-0.25, -0.2) is 18.9 Å². The summed E-state index contributed by atoms with van der Waals surface area (Å²) < 4.78 is 57.5. The van der Waals surface area contributed by atoms with Crippen LogP contribution in [0.1, 0.15) is 19.4 Å². The van der Waals surface area contributed by atoms with Crippen molar-refractivity contribution in [3.8, 4) is 11.4 Å². The topological polar surface area (TPSA) is 57.0 Å². The molecule has 0 bridgehead atoms. The molecule has 0 saturated heterocycles. The minimum Gasteiger partial charge on any atom is -0.460 e. The normalized spacial score (nSPS) is 12.1. The van der Waals surface area contributed by atoms with Gasteiger partial charge in [-0.05, 0) is 32.0 Å². The molecule has 1 aromatic heterocycles. The van der Waals surface area contributed by atoms with Gasteiger partial charge in [-0.2, -0.15) is 13.2 Å². The van der Waals surface area contributed by atoms with Crippen molar-refractivity contribution in [2.24, 2.45) is 0 Å². The highest BCUT2D eigenvalue weighted by Gasteiger charge is 2.31. The molecule has 0 radical (unpaired) electrons. The van der Waals surface area contributed by atoms with Gasteiger partial charge in [0.15, 0.2) is 5.82 Å². The van der Waals surface area contributed by atoms with Crippen molar-refractivity contribution in [1.29, 1.82) is 0 Å². The monoisotopic (exact) mass is 343 g/mol. The number of rotatable bonds is 4. The summed E-state index contributed by atoms with van der Waals surface area (Å²) in [6.07, 6.45) is -1.48. The van der Waals surface area contributed by atoms with E-state index in [1.54, 1.807) is 13.8 Å². The van der Waals surface area contributed by atoms with E-state index in [2.05, 4.69) is 10.1 Å². The van der Waals surface area contributed by atoms with Crippen molar-refractivity contribution in [1.82, 2.24) is 14.8 Å². The molecule has 5 nitrogen and oxygen atoms in total. The third-order valence-electron chi connectivity index (χ3n) is 2.71. The maximum absolute atomic E-state index is 13.4. The predicted octanol–water partition coefficient (Wildman–Crippen LogP) is 3.53. The Kier molecular flexibility index (Phi) is 5.01. The first-order valence-electron chi connectivity index (χ1n) is 6.83. The fourth-order valence-corrected chi connectivity index (χ4v) is 1.77. The third-order valence-corrected chi connectivity index (χ3v) is 2.71. The molecule has 0 aliphatic heterocycles. The number of hydrogen-bond acceptors (Lipinski definition) is 4. The Bertz CT molecular complexity index is 766. The summed E-state index contributed by atoms with van der Waals surface area (Å²) in [6.45, 7) is 3.36. The second-order valence-corrected chi connectivity index (χ2v) is 5.08. The van der Waals surface area contributed by atoms with E-state index >= 15 is 0 Å². The largest absolute Gasteiger partial charge is 0.460 e. The number of alkyl halides is 3. The molecule has 0 spiro atoms. The van der Waals surface area contributed by atoms with Crippen LogP contribution in [-0.4, -0.2) is 26.8 Å². The second-order valence-electron chi connectivity index (χ2n) is 5.08. The van der Waals surface area contributed by atoms with Crippen LogP contribution in [0.5, 0.6) is 0 Å². The van der Waals surface area contributed by atoms with E-state index < -0.39 is 23.5 Å². The molecule has 0 fully saturated rings. The Morgan fingerprint density at radius 1 is 1.29 bits per heavy atom. The Morgan fingerprint density at radius 3 is 2.62 bits per heavy atom. The number of aromatic nitrogens is 3. The van der Waals surface area contributed by atoms with Crippen LogP contribution in [0, 0.1) is 5.82 Å². The minimum atomic E-state index is -4.68. The van der Waals surface area contributed by atoms with E-state index in [1.165, 1.54) is 12.5 Å². The number of nitrogens with zero attached hydrogens (tertiary/aromatic N) is 3.